The highest BCUT2D eigenvalue weighted by molar-refractivity contribution is 6.07. The van der Waals surface area contributed by atoms with Gasteiger partial charge in [0.25, 0.3) is 0 Å². The van der Waals surface area contributed by atoms with Crippen LogP contribution in [0.5, 0.6) is 0 Å². The maximum atomic E-state index is 11.9. The van der Waals surface area contributed by atoms with Crippen molar-refractivity contribution in [3.63, 3.8) is 0 Å². The van der Waals surface area contributed by atoms with Gasteiger partial charge < -0.3 is 15.4 Å². The Kier molecular flexibility index (Phi) is 3.04. The molecule has 86 valence electrons. The summed E-state index contributed by atoms with van der Waals surface area (Å²) in [6.45, 7) is 5.27. The van der Waals surface area contributed by atoms with Crippen molar-refractivity contribution < 1.29 is 14.3 Å². The monoisotopic (exact) mass is 214 g/mol. The summed E-state index contributed by atoms with van der Waals surface area (Å²) in [5.74, 6) is -1.61. The highest BCUT2D eigenvalue weighted by Gasteiger charge is 2.51. The minimum Gasteiger partial charge on any atom is -0.342 e. The number of carbonyl (C=O) groups excluding carboxylic acids is 2. The largest absolute Gasteiger partial charge is 0.342 e. The number of amides is 2. The molecule has 0 spiro atoms. The van der Waals surface area contributed by atoms with Crippen LogP contribution in [-0.4, -0.2) is 24.8 Å². The highest BCUT2D eigenvalue weighted by atomic mass is 16.5. The van der Waals surface area contributed by atoms with E-state index in [1.807, 2.05) is 13.8 Å². The standard InChI is InChI=1S/C10H18N2O3/c1-5-10(6-2)7(13)11-9(3,15-4)12-8(10)14/h5-6H2,1-4H3,(H,11,13)(H,12,14). The molecule has 1 aliphatic heterocycles. The molecule has 5 nitrogen and oxygen atoms in total. The van der Waals surface area contributed by atoms with Gasteiger partial charge in [-0.1, -0.05) is 13.8 Å². The molecule has 0 aliphatic carbocycles. The zero-order valence-corrected chi connectivity index (χ0v) is 9.64. The summed E-state index contributed by atoms with van der Waals surface area (Å²) in [4.78, 5) is 23.8. The van der Waals surface area contributed by atoms with Crippen LogP contribution in [0, 0.1) is 5.41 Å². The lowest BCUT2D eigenvalue weighted by Gasteiger charge is -2.42. The smallest absolute Gasteiger partial charge is 0.239 e. The summed E-state index contributed by atoms with van der Waals surface area (Å²) in [5, 5.41) is 5.34. The summed E-state index contributed by atoms with van der Waals surface area (Å²) in [7, 11) is 1.44. The second-order valence-corrected chi connectivity index (χ2v) is 3.93. The molecule has 0 aromatic rings. The van der Waals surface area contributed by atoms with Crippen LogP contribution in [0.3, 0.4) is 0 Å². The molecular formula is C10H18N2O3. The van der Waals surface area contributed by atoms with Gasteiger partial charge in [-0.15, -0.1) is 0 Å². The van der Waals surface area contributed by atoms with Crippen molar-refractivity contribution >= 4 is 11.8 Å². The second-order valence-electron chi connectivity index (χ2n) is 3.93. The third-order valence-corrected chi connectivity index (χ3v) is 3.19. The highest BCUT2D eigenvalue weighted by Crippen LogP contribution is 2.31. The first-order valence-corrected chi connectivity index (χ1v) is 5.14. The fraction of sp³-hybridized carbons (Fsp3) is 0.800. The molecule has 1 fully saturated rings. The van der Waals surface area contributed by atoms with Crippen LogP contribution in [0.4, 0.5) is 0 Å². The van der Waals surface area contributed by atoms with Crippen molar-refractivity contribution in [2.24, 2.45) is 5.41 Å². The van der Waals surface area contributed by atoms with Crippen LogP contribution in [0.15, 0.2) is 0 Å². The fourth-order valence-corrected chi connectivity index (χ4v) is 1.80. The maximum Gasteiger partial charge on any atom is 0.239 e. The minimum absolute atomic E-state index is 0.263. The molecule has 0 atom stereocenters. The van der Waals surface area contributed by atoms with E-state index in [0.29, 0.717) is 12.8 Å². The molecule has 0 aromatic carbocycles. The van der Waals surface area contributed by atoms with E-state index in [-0.39, 0.29) is 11.8 Å². The Bertz CT molecular complexity index is 264. The number of carbonyl (C=O) groups is 2. The number of hydrogen-bond donors (Lipinski definition) is 2. The Morgan fingerprint density at radius 2 is 1.53 bits per heavy atom. The van der Waals surface area contributed by atoms with Crippen LogP contribution in [0.25, 0.3) is 0 Å². The summed E-state index contributed by atoms with van der Waals surface area (Å²) in [6, 6.07) is 0. The quantitative estimate of drug-likeness (QED) is 0.666. The molecule has 0 saturated carbocycles. The molecule has 2 N–H and O–H groups in total. The molecule has 1 rings (SSSR count). The van der Waals surface area contributed by atoms with Crippen molar-refractivity contribution in [1.82, 2.24) is 10.6 Å². The van der Waals surface area contributed by atoms with E-state index in [2.05, 4.69) is 10.6 Å². The first-order chi connectivity index (χ1) is 6.94. The van der Waals surface area contributed by atoms with Gasteiger partial charge in [0, 0.05) is 14.0 Å². The SMILES string of the molecule is CCC1(CC)C(=O)NC(C)(OC)NC1=O. The Morgan fingerprint density at radius 1 is 1.13 bits per heavy atom. The maximum absolute atomic E-state index is 11.9. The lowest BCUT2D eigenvalue weighted by Crippen LogP contribution is -2.71. The van der Waals surface area contributed by atoms with E-state index in [9.17, 15) is 9.59 Å². The topological polar surface area (TPSA) is 67.4 Å². The molecule has 0 radical (unpaired) electrons. The van der Waals surface area contributed by atoms with E-state index < -0.39 is 11.3 Å². The van der Waals surface area contributed by atoms with E-state index in [1.54, 1.807) is 6.92 Å². The molecule has 0 unspecified atom stereocenters. The van der Waals surface area contributed by atoms with Gasteiger partial charge in [-0.05, 0) is 12.8 Å². The molecule has 5 heteroatoms. The van der Waals surface area contributed by atoms with Gasteiger partial charge in [0.05, 0.1) is 0 Å². The van der Waals surface area contributed by atoms with E-state index in [4.69, 9.17) is 4.74 Å². The van der Waals surface area contributed by atoms with Crippen LogP contribution in [0.1, 0.15) is 33.6 Å². The van der Waals surface area contributed by atoms with Crippen molar-refractivity contribution in [1.29, 1.82) is 0 Å². The van der Waals surface area contributed by atoms with Gasteiger partial charge in [-0.25, -0.2) is 0 Å². The normalized spacial score (nSPS) is 23.2. The summed E-state index contributed by atoms with van der Waals surface area (Å²) in [6.07, 6.45) is 0.974. The Balaban J connectivity index is 3.00. The zero-order valence-electron chi connectivity index (χ0n) is 9.64. The van der Waals surface area contributed by atoms with E-state index in [0.717, 1.165) is 0 Å². The first kappa shape index (κ1) is 12.0. The summed E-state index contributed by atoms with van der Waals surface area (Å²) >= 11 is 0. The van der Waals surface area contributed by atoms with E-state index in [1.165, 1.54) is 7.11 Å². The van der Waals surface area contributed by atoms with Gasteiger partial charge in [0.2, 0.25) is 17.7 Å². The molecule has 1 heterocycles. The van der Waals surface area contributed by atoms with Crippen LogP contribution in [-0.2, 0) is 14.3 Å². The predicted octanol–water partition coefficient (Wildman–Crippen LogP) is 0.359. The zero-order chi connectivity index (χ0) is 11.7. The predicted molar refractivity (Wildman–Crippen MR) is 54.7 cm³/mol. The van der Waals surface area contributed by atoms with E-state index >= 15 is 0 Å². The van der Waals surface area contributed by atoms with Gasteiger partial charge in [0.1, 0.15) is 5.41 Å². The third kappa shape index (κ3) is 1.71. The number of ether oxygens (including phenoxy) is 1. The fourth-order valence-electron chi connectivity index (χ4n) is 1.80. The van der Waals surface area contributed by atoms with Gasteiger partial charge in [-0.2, -0.15) is 0 Å². The average molecular weight is 214 g/mol. The molecule has 0 bridgehead atoms. The minimum atomic E-state index is -1.08. The molecule has 1 aliphatic rings. The summed E-state index contributed by atoms with van der Waals surface area (Å²) in [5.41, 5.74) is -0.946. The van der Waals surface area contributed by atoms with Gasteiger partial charge in [0.15, 0.2) is 0 Å². The Morgan fingerprint density at radius 3 is 1.80 bits per heavy atom. The van der Waals surface area contributed by atoms with Gasteiger partial charge >= 0.3 is 0 Å². The molecular weight excluding hydrogens is 196 g/mol. The lowest BCUT2D eigenvalue weighted by atomic mass is 9.78. The second kappa shape index (κ2) is 3.81. The Labute approximate surface area is 89.6 Å². The van der Waals surface area contributed by atoms with Crippen LogP contribution < -0.4 is 10.6 Å². The van der Waals surface area contributed by atoms with Crippen molar-refractivity contribution in [3.8, 4) is 0 Å². The Hall–Kier alpha value is -1.10. The van der Waals surface area contributed by atoms with Gasteiger partial charge in [-0.3, -0.25) is 9.59 Å². The first-order valence-electron chi connectivity index (χ1n) is 5.14. The van der Waals surface area contributed by atoms with Crippen LogP contribution >= 0.6 is 0 Å². The number of rotatable bonds is 3. The average Bonchev–Trinajstić information content (AvgIpc) is 2.19. The lowest BCUT2D eigenvalue weighted by molar-refractivity contribution is -0.167. The molecule has 2 amide bonds. The molecule has 15 heavy (non-hydrogen) atoms. The van der Waals surface area contributed by atoms with Crippen molar-refractivity contribution in [2.75, 3.05) is 7.11 Å². The van der Waals surface area contributed by atoms with Crippen LogP contribution in [0.2, 0.25) is 0 Å². The van der Waals surface area contributed by atoms with Crippen molar-refractivity contribution in [3.05, 3.63) is 0 Å². The number of hydrogen-bond acceptors (Lipinski definition) is 3. The van der Waals surface area contributed by atoms with Crippen molar-refractivity contribution in [2.45, 2.75) is 39.5 Å². The number of nitrogens with one attached hydrogen (secondary N) is 2. The molecule has 1 saturated heterocycles. The summed E-state index contributed by atoms with van der Waals surface area (Å²) < 4.78 is 5.04. The molecule has 0 aromatic heterocycles. The third-order valence-electron chi connectivity index (χ3n) is 3.19. The number of methoxy groups -OCH3 is 1.